The largest absolute Gasteiger partial charge is 0.457 e. The van der Waals surface area contributed by atoms with Crippen molar-refractivity contribution in [2.24, 2.45) is 17.8 Å². The van der Waals surface area contributed by atoms with Gasteiger partial charge in [0.15, 0.2) is 0 Å². The first-order chi connectivity index (χ1) is 16.7. The van der Waals surface area contributed by atoms with Crippen LogP contribution in [0.3, 0.4) is 0 Å². The van der Waals surface area contributed by atoms with E-state index in [4.69, 9.17) is 18.9 Å². The first-order valence-corrected chi connectivity index (χ1v) is 13.3. The molecular formula is C29H48O6. The number of esters is 1. The van der Waals surface area contributed by atoms with Crippen molar-refractivity contribution in [3.05, 3.63) is 36.0 Å². The van der Waals surface area contributed by atoms with Crippen LogP contribution in [0.15, 0.2) is 36.0 Å². The van der Waals surface area contributed by atoms with Gasteiger partial charge in [0.1, 0.15) is 6.10 Å². The normalized spacial score (nSPS) is 34.4. The van der Waals surface area contributed by atoms with E-state index in [-0.39, 0.29) is 60.8 Å². The molecule has 9 unspecified atom stereocenters. The number of aliphatic hydroxyl groups excluding tert-OH is 1. The van der Waals surface area contributed by atoms with Crippen LogP contribution in [-0.4, -0.2) is 61.9 Å². The highest BCUT2D eigenvalue weighted by Crippen LogP contribution is 2.36. The maximum atomic E-state index is 12.7. The van der Waals surface area contributed by atoms with Gasteiger partial charge in [0.25, 0.3) is 0 Å². The molecule has 0 aromatic heterocycles. The van der Waals surface area contributed by atoms with E-state index < -0.39 is 0 Å². The number of carbonyl (C=O) groups excluding carboxylic acids is 1. The van der Waals surface area contributed by atoms with E-state index in [1.165, 1.54) is 0 Å². The Kier molecular flexibility index (Phi) is 12.7. The number of allylic oxidation sites excluding steroid dienone is 3. The Bertz CT molecular complexity index is 729. The Hall–Kier alpha value is -1.47. The molecule has 1 saturated heterocycles. The molecule has 0 spiro atoms. The SMILES string of the molecule is CCC(O)C(C)C1OC1CC(C)/C=C/C=C(\C)C1OC(=O)CC(OC)CCCC(OC)/C=C/C1C. The lowest BCUT2D eigenvalue weighted by Gasteiger charge is -2.25. The summed E-state index contributed by atoms with van der Waals surface area (Å²) in [5.41, 5.74) is 0.999. The average molecular weight is 493 g/mol. The minimum Gasteiger partial charge on any atom is -0.457 e. The highest BCUT2D eigenvalue weighted by molar-refractivity contribution is 5.70. The van der Waals surface area contributed by atoms with E-state index in [1.807, 2.05) is 19.9 Å². The summed E-state index contributed by atoms with van der Waals surface area (Å²) in [6, 6.07) is 0. The number of cyclic esters (lactones) is 1. The third-order valence-electron chi connectivity index (χ3n) is 7.43. The fourth-order valence-electron chi connectivity index (χ4n) is 4.87. The third-order valence-corrected chi connectivity index (χ3v) is 7.43. The molecule has 0 amide bonds. The van der Waals surface area contributed by atoms with Crippen molar-refractivity contribution in [2.75, 3.05) is 14.2 Å². The van der Waals surface area contributed by atoms with Crippen LogP contribution in [0, 0.1) is 17.8 Å². The van der Waals surface area contributed by atoms with Crippen LogP contribution in [0.1, 0.15) is 73.1 Å². The summed E-state index contributed by atoms with van der Waals surface area (Å²) in [6.45, 7) is 10.3. The fourth-order valence-corrected chi connectivity index (χ4v) is 4.87. The summed E-state index contributed by atoms with van der Waals surface area (Å²) >= 11 is 0. The predicted octanol–water partition coefficient (Wildman–Crippen LogP) is 5.40. The van der Waals surface area contributed by atoms with E-state index in [0.29, 0.717) is 5.92 Å². The molecule has 1 fully saturated rings. The zero-order valence-electron chi connectivity index (χ0n) is 22.8. The molecule has 9 atom stereocenters. The zero-order chi connectivity index (χ0) is 26.0. The molecule has 2 heterocycles. The molecule has 0 aromatic rings. The molecule has 1 N–H and O–H groups in total. The lowest BCUT2D eigenvalue weighted by atomic mass is 9.93. The second-order valence-corrected chi connectivity index (χ2v) is 10.4. The van der Waals surface area contributed by atoms with Crippen molar-refractivity contribution >= 4 is 5.97 Å². The summed E-state index contributed by atoms with van der Waals surface area (Å²) in [4.78, 5) is 12.7. The van der Waals surface area contributed by atoms with Crippen LogP contribution < -0.4 is 0 Å². The highest BCUT2D eigenvalue weighted by atomic mass is 16.6. The van der Waals surface area contributed by atoms with Crippen LogP contribution in [0.2, 0.25) is 0 Å². The Morgan fingerprint density at radius 1 is 1.23 bits per heavy atom. The van der Waals surface area contributed by atoms with Crippen molar-refractivity contribution < 1.29 is 28.8 Å². The second-order valence-electron chi connectivity index (χ2n) is 10.4. The van der Waals surface area contributed by atoms with Crippen molar-refractivity contribution in [3.63, 3.8) is 0 Å². The fraction of sp³-hybridized carbons (Fsp3) is 0.759. The van der Waals surface area contributed by atoms with Crippen molar-refractivity contribution in [1.29, 1.82) is 0 Å². The Labute approximate surface area is 212 Å². The molecule has 6 nitrogen and oxygen atoms in total. The maximum absolute atomic E-state index is 12.7. The summed E-state index contributed by atoms with van der Waals surface area (Å²) in [6.07, 6.45) is 14.7. The highest BCUT2D eigenvalue weighted by Gasteiger charge is 2.44. The summed E-state index contributed by atoms with van der Waals surface area (Å²) in [7, 11) is 3.38. The summed E-state index contributed by atoms with van der Waals surface area (Å²) in [5.74, 6) is 0.313. The van der Waals surface area contributed by atoms with Crippen molar-refractivity contribution in [2.45, 2.75) is 110 Å². The third kappa shape index (κ3) is 9.83. The number of hydrogen-bond donors (Lipinski definition) is 1. The topological polar surface area (TPSA) is 77.5 Å². The minimum atomic E-state index is -0.347. The van der Waals surface area contributed by atoms with Gasteiger partial charge in [-0.2, -0.15) is 0 Å². The van der Waals surface area contributed by atoms with Crippen LogP contribution in [0.4, 0.5) is 0 Å². The quantitative estimate of drug-likeness (QED) is 0.190. The molecule has 0 aromatic carbocycles. The first kappa shape index (κ1) is 29.8. The molecule has 0 aliphatic carbocycles. The molecule has 0 bridgehead atoms. The Morgan fingerprint density at radius 2 is 1.97 bits per heavy atom. The van der Waals surface area contributed by atoms with Gasteiger partial charge < -0.3 is 24.1 Å². The molecule has 2 rings (SSSR count). The van der Waals surface area contributed by atoms with Crippen LogP contribution in [0.5, 0.6) is 0 Å². The Balaban J connectivity index is 2.02. The summed E-state index contributed by atoms with van der Waals surface area (Å²) < 4.78 is 22.9. The van der Waals surface area contributed by atoms with Gasteiger partial charge in [0.05, 0.1) is 36.9 Å². The van der Waals surface area contributed by atoms with E-state index in [1.54, 1.807) is 14.2 Å². The van der Waals surface area contributed by atoms with Crippen molar-refractivity contribution in [1.82, 2.24) is 0 Å². The first-order valence-electron chi connectivity index (χ1n) is 13.3. The molecule has 6 heteroatoms. The van der Waals surface area contributed by atoms with E-state index >= 15 is 0 Å². The number of epoxide rings is 1. The van der Waals surface area contributed by atoms with Gasteiger partial charge in [-0.05, 0) is 50.5 Å². The van der Waals surface area contributed by atoms with E-state index in [2.05, 4.69) is 45.1 Å². The monoisotopic (exact) mass is 492 g/mol. The standard InChI is InChI=1S/C29H48O6/c1-8-25(30)22(5)29-26(34-29)17-19(2)11-9-12-20(3)28-21(4)15-16-23(32-6)13-10-14-24(33-7)18-27(31)35-28/h9,11-12,15-16,19,21-26,28-30H,8,10,13-14,17-18H2,1-7H3/b11-9+,16-15+,20-12+. The molecular weight excluding hydrogens is 444 g/mol. The van der Waals surface area contributed by atoms with E-state index in [0.717, 1.165) is 37.7 Å². The van der Waals surface area contributed by atoms with Gasteiger partial charge >= 0.3 is 5.97 Å². The average Bonchev–Trinajstić information content (AvgIpc) is 3.60. The number of aliphatic hydroxyl groups is 1. The number of rotatable bonds is 10. The van der Waals surface area contributed by atoms with E-state index in [9.17, 15) is 9.90 Å². The molecule has 2 aliphatic rings. The van der Waals surface area contributed by atoms with Gasteiger partial charge in [-0.1, -0.05) is 58.1 Å². The van der Waals surface area contributed by atoms with Gasteiger partial charge in [0, 0.05) is 26.1 Å². The molecule has 0 radical (unpaired) electrons. The van der Waals surface area contributed by atoms with Crippen LogP contribution >= 0.6 is 0 Å². The Morgan fingerprint density at radius 3 is 2.63 bits per heavy atom. The second kappa shape index (κ2) is 14.9. The van der Waals surface area contributed by atoms with Crippen molar-refractivity contribution in [3.8, 4) is 0 Å². The predicted molar refractivity (Wildman–Crippen MR) is 139 cm³/mol. The number of carbonyl (C=O) groups is 1. The smallest absolute Gasteiger partial charge is 0.309 e. The van der Waals surface area contributed by atoms with Gasteiger partial charge in [-0.15, -0.1) is 0 Å². The summed E-state index contributed by atoms with van der Waals surface area (Å²) in [5, 5.41) is 10.1. The van der Waals surface area contributed by atoms with Crippen LogP contribution in [0.25, 0.3) is 0 Å². The number of methoxy groups -OCH3 is 2. The zero-order valence-corrected chi connectivity index (χ0v) is 22.8. The number of hydrogen-bond acceptors (Lipinski definition) is 6. The molecule has 2 aliphatic heterocycles. The van der Waals surface area contributed by atoms with Gasteiger partial charge in [-0.25, -0.2) is 0 Å². The molecule has 200 valence electrons. The number of ether oxygens (including phenoxy) is 4. The molecule has 35 heavy (non-hydrogen) atoms. The lowest BCUT2D eigenvalue weighted by molar-refractivity contribution is -0.151. The van der Waals surface area contributed by atoms with Gasteiger partial charge in [-0.3, -0.25) is 4.79 Å². The molecule has 0 saturated carbocycles. The lowest BCUT2D eigenvalue weighted by Crippen LogP contribution is -2.29. The minimum absolute atomic E-state index is 0.0196. The maximum Gasteiger partial charge on any atom is 0.309 e. The van der Waals surface area contributed by atoms with Gasteiger partial charge in [0.2, 0.25) is 0 Å². The van der Waals surface area contributed by atoms with Crippen LogP contribution in [-0.2, 0) is 23.7 Å².